The van der Waals surface area contributed by atoms with Crippen LogP contribution in [0.5, 0.6) is 0 Å². The van der Waals surface area contributed by atoms with Gasteiger partial charge in [-0.3, -0.25) is 4.79 Å². The maximum absolute atomic E-state index is 12.1. The molecule has 0 aliphatic carbocycles. The predicted octanol–water partition coefficient (Wildman–Crippen LogP) is 0.786. The van der Waals surface area contributed by atoms with Gasteiger partial charge in [0.15, 0.2) is 0 Å². The second-order valence-corrected chi connectivity index (χ2v) is 5.16. The molecule has 1 amide bonds. The normalized spacial score (nSPS) is 13.2. The van der Waals surface area contributed by atoms with E-state index in [9.17, 15) is 9.90 Å². The van der Waals surface area contributed by atoms with Gasteiger partial charge >= 0.3 is 0 Å². The first-order chi connectivity index (χ1) is 8.38. The van der Waals surface area contributed by atoms with E-state index in [2.05, 4.69) is 0 Å². The van der Waals surface area contributed by atoms with Gasteiger partial charge in [-0.1, -0.05) is 30.3 Å². The molecule has 0 unspecified atom stereocenters. The standard InChI is InChI=1S/C14H22N2O2/c1-14(2,10-17)16(3)13(18)12(15)9-11-7-5-4-6-8-11/h4-8,12,17H,9-10,15H2,1-3H3/t12-/m0/s1. The molecule has 3 N–H and O–H groups in total. The highest BCUT2D eigenvalue weighted by Crippen LogP contribution is 2.13. The van der Waals surface area contributed by atoms with Crippen molar-refractivity contribution >= 4 is 5.91 Å². The van der Waals surface area contributed by atoms with E-state index >= 15 is 0 Å². The van der Waals surface area contributed by atoms with Crippen molar-refractivity contribution in [3.8, 4) is 0 Å². The molecule has 4 nitrogen and oxygen atoms in total. The van der Waals surface area contributed by atoms with Crippen LogP contribution in [0.3, 0.4) is 0 Å². The molecular weight excluding hydrogens is 228 g/mol. The topological polar surface area (TPSA) is 66.6 Å². The molecule has 1 aromatic rings. The van der Waals surface area contributed by atoms with E-state index in [1.54, 1.807) is 20.9 Å². The van der Waals surface area contributed by atoms with Gasteiger partial charge in [-0.15, -0.1) is 0 Å². The molecule has 0 aliphatic rings. The van der Waals surface area contributed by atoms with Gasteiger partial charge in [-0.05, 0) is 25.8 Å². The summed E-state index contributed by atoms with van der Waals surface area (Å²) in [6.07, 6.45) is 0.505. The Labute approximate surface area is 108 Å². The van der Waals surface area contributed by atoms with E-state index in [1.807, 2.05) is 30.3 Å². The van der Waals surface area contributed by atoms with Crippen molar-refractivity contribution in [2.75, 3.05) is 13.7 Å². The number of aliphatic hydroxyl groups is 1. The number of likely N-dealkylation sites (N-methyl/N-ethyl adjacent to an activating group) is 1. The molecule has 0 aliphatic heterocycles. The zero-order valence-corrected chi connectivity index (χ0v) is 11.3. The number of nitrogens with zero attached hydrogens (tertiary/aromatic N) is 1. The highest BCUT2D eigenvalue weighted by atomic mass is 16.3. The zero-order valence-electron chi connectivity index (χ0n) is 11.3. The van der Waals surface area contributed by atoms with Crippen molar-refractivity contribution in [1.82, 2.24) is 4.90 Å². The lowest BCUT2D eigenvalue weighted by Crippen LogP contribution is -2.53. The second-order valence-electron chi connectivity index (χ2n) is 5.16. The first kappa shape index (κ1) is 14.7. The fourth-order valence-electron chi connectivity index (χ4n) is 1.61. The van der Waals surface area contributed by atoms with Gasteiger partial charge in [0.05, 0.1) is 18.2 Å². The quantitative estimate of drug-likeness (QED) is 0.812. The predicted molar refractivity (Wildman–Crippen MR) is 72.1 cm³/mol. The molecule has 1 rings (SSSR count). The average molecular weight is 250 g/mol. The highest BCUT2D eigenvalue weighted by molar-refractivity contribution is 5.82. The maximum Gasteiger partial charge on any atom is 0.240 e. The number of hydrogen-bond acceptors (Lipinski definition) is 3. The number of carbonyl (C=O) groups is 1. The van der Waals surface area contributed by atoms with Crippen molar-refractivity contribution in [3.63, 3.8) is 0 Å². The first-order valence-corrected chi connectivity index (χ1v) is 6.06. The van der Waals surface area contributed by atoms with Crippen LogP contribution in [0.15, 0.2) is 30.3 Å². The molecule has 0 spiro atoms. The lowest BCUT2D eigenvalue weighted by molar-refractivity contribution is -0.137. The van der Waals surface area contributed by atoms with Crippen LogP contribution in [-0.4, -0.2) is 41.1 Å². The summed E-state index contributed by atoms with van der Waals surface area (Å²) in [6.45, 7) is 3.52. The average Bonchev–Trinajstić information content (AvgIpc) is 2.38. The molecule has 0 saturated heterocycles. The SMILES string of the molecule is CN(C(=O)[C@@H](N)Cc1ccccc1)C(C)(C)CO. The maximum atomic E-state index is 12.1. The van der Waals surface area contributed by atoms with Crippen LogP contribution < -0.4 is 5.73 Å². The minimum absolute atomic E-state index is 0.0900. The largest absolute Gasteiger partial charge is 0.394 e. The van der Waals surface area contributed by atoms with E-state index in [-0.39, 0.29) is 12.5 Å². The summed E-state index contributed by atoms with van der Waals surface area (Å²) in [5.41, 5.74) is 6.37. The van der Waals surface area contributed by atoms with Crippen molar-refractivity contribution in [1.29, 1.82) is 0 Å². The molecule has 1 atom stereocenters. The van der Waals surface area contributed by atoms with Crippen molar-refractivity contribution in [2.24, 2.45) is 5.73 Å². The van der Waals surface area contributed by atoms with Crippen LogP contribution >= 0.6 is 0 Å². The van der Waals surface area contributed by atoms with Crippen LogP contribution in [0.2, 0.25) is 0 Å². The number of nitrogens with two attached hydrogens (primary N) is 1. The molecule has 0 fully saturated rings. The number of benzene rings is 1. The van der Waals surface area contributed by atoms with Crippen LogP contribution in [0.4, 0.5) is 0 Å². The van der Waals surface area contributed by atoms with E-state index in [0.29, 0.717) is 6.42 Å². The van der Waals surface area contributed by atoms with Gasteiger partial charge < -0.3 is 15.7 Å². The third kappa shape index (κ3) is 3.55. The van der Waals surface area contributed by atoms with Crippen LogP contribution in [0.25, 0.3) is 0 Å². The van der Waals surface area contributed by atoms with E-state index in [1.165, 1.54) is 4.90 Å². The summed E-state index contributed by atoms with van der Waals surface area (Å²) in [4.78, 5) is 13.7. The smallest absolute Gasteiger partial charge is 0.240 e. The van der Waals surface area contributed by atoms with Crippen molar-refractivity contribution in [2.45, 2.75) is 31.8 Å². The molecule has 100 valence electrons. The van der Waals surface area contributed by atoms with Crippen LogP contribution in [0, 0.1) is 0 Å². The van der Waals surface area contributed by atoms with E-state index in [4.69, 9.17) is 5.73 Å². The molecule has 18 heavy (non-hydrogen) atoms. The molecule has 0 saturated carbocycles. The Bertz CT molecular complexity index is 390. The van der Waals surface area contributed by atoms with Gasteiger partial charge in [0.2, 0.25) is 5.91 Å². The summed E-state index contributed by atoms with van der Waals surface area (Å²) < 4.78 is 0. The minimum Gasteiger partial charge on any atom is -0.394 e. The Kier molecular flexibility index (Phi) is 4.87. The number of aliphatic hydroxyl groups excluding tert-OH is 1. The Morgan fingerprint density at radius 2 is 1.94 bits per heavy atom. The molecule has 0 radical (unpaired) electrons. The molecular formula is C14H22N2O2. The number of carbonyl (C=O) groups excluding carboxylic acids is 1. The summed E-state index contributed by atoms with van der Waals surface area (Å²) >= 11 is 0. The van der Waals surface area contributed by atoms with Gasteiger partial charge in [0.25, 0.3) is 0 Å². The third-order valence-electron chi connectivity index (χ3n) is 3.24. The summed E-state index contributed by atoms with van der Waals surface area (Å²) in [7, 11) is 1.67. The van der Waals surface area contributed by atoms with Crippen molar-refractivity contribution < 1.29 is 9.90 Å². The van der Waals surface area contributed by atoms with E-state index < -0.39 is 11.6 Å². The molecule has 1 aromatic carbocycles. The Balaban J connectivity index is 2.67. The summed E-state index contributed by atoms with van der Waals surface area (Å²) in [5, 5.41) is 9.25. The fraction of sp³-hybridized carbons (Fsp3) is 0.500. The third-order valence-corrected chi connectivity index (χ3v) is 3.24. The first-order valence-electron chi connectivity index (χ1n) is 6.06. The van der Waals surface area contributed by atoms with Crippen LogP contribution in [-0.2, 0) is 11.2 Å². The second kappa shape index (κ2) is 5.98. The van der Waals surface area contributed by atoms with E-state index in [0.717, 1.165) is 5.56 Å². The molecule has 0 bridgehead atoms. The number of hydrogen-bond donors (Lipinski definition) is 2. The lowest BCUT2D eigenvalue weighted by Gasteiger charge is -2.35. The van der Waals surface area contributed by atoms with Gasteiger partial charge in [0, 0.05) is 7.05 Å². The number of rotatable bonds is 5. The fourth-order valence-corrected chi connectivity index (χ4v) is 1.61. The summed E-state index contributed by atoms with van der Waals surface area (Å²) in [6, 6.07) is 9.09. The lowest BCUT2D eigenvalue weighted by atomic mass is 10.0. The Hall–Kier alpha value is -1.39. The summed E-state index contributed by atoms with van der Waals surface area (Å²) in [5.74, 6) is -0.155. The molecule has 4 heteroatoms. The monoisotopic (exact) mass is 250 g/mol. The zero-order chi connectivity index (χ0) is 13.8. The molecule has 0 aromatic heterocycles. The van der Waals surface area contributed by atoms with Crippen molar-refractivity contribution in [3.05, 3.63) is 35.9 Å². The van der Waals surface area contributed by atoms with Gasteiger partial charge in [-0.2, -0.15) is 0 Å². The van der Waals surface area contributed by atoms with Crippen LogP contribution in [0.1, 0.15) is 19.4 Å². The van der Waals surface area contributed by atoms with Gasteiger partial charge in [0.1, 0.15) is 0 Å². The van der Waals surface area contributed by atoms with Gasteiger partial charge in [-0.25, -0.2) is 0 Å². The highest BCUT2D eigenvalue weighted by Gasteiger charge is 2.29. The minimum atomic E-state index is -0.592. The number of amides is 1. The Morgan fingerprint density at radius 3 is 2.44 bits per heavy atom. The molecule has 0 heterocycles. The Morgan fingerprint density at radius 1 is 1.39 bits per heavy atom.